The number of aliphatic hydroxyl groups excluding tert-OH is 1. The van der Waals surface area contributed by atoms with Crippen LogP contribution in [0.5, 0.6) is 0 Å². The molecule has 0 aromatic rings. The number of rotatable bonds is 3. The maximum atomic E-state index is 10.1. The third-order valence-corrected chi connectivity index (χ3v) is 3.64. The minimum Gasteiger partial charge on any atom is -0.390 e. The third-order valence-electron chi connectivity index (χ3n) is 3.64. The second kappa shape index (κ2) is 4.13. The molecule has 2 saturated heterocycles. The molecule has 2 heterocycles. The molecule has 3 heteroatoms. The highest BCUT2D eigenvalue weighted by Gasteiger charge is 2.55. The predicted octanol–water partition coefficient (Wildman–Crippen LogP) is 2.39. The summed E-state index contributed by atoms with van der Waals surface area (Å²) in [5.41, 5.74) is 0.849. The van der Waals surface area contributed by atoms with Crippen molar-refractivity contribution < 1.29 is 14.6 Å². The Hall–Kier alpha value is -0.380. The van der Waals surface area contributed by atoms with Crippen molar-refractivity contribution in [2.75, 3.05) is 6.61 Å². The van der Waals surface area contributed by atoms with Crippen molar-refractivity contribution in [1.29, 1.82) is 0 Å². The van der Waals surface area contributed by atoms with Gasteiger partial charge in [0.1, 0.15) is 5.60 Å². The SMILES string of the molecule is CC(C)=CCC[C@]12CO[C@](C)(CC[C@@H]1O)O2. The van der Waals surface area contributed by atoms with Crippen LogP contribution in [0.3, 0.4) is 0 Å². The standard InChI is InChI=1S/C13H22O3/c1-10(2)5-4-7-13-9-15-12(3,16-13)8-6-11(13)14/h5,11,14H,4,6-9H2,1-3H3/t11-,12-,13-/m0/s1. The van der Waals surface area contributed by atoms with Gasteiger partial charge in [-0.2, -0.15) is 0 Å². The molecule has 0 spiro atoms. The van der Waals surface area contributed by atoms with E-state index in [9.17, 15) is 5.11 Å². The summed E-state index contributed by atoms with van der Waals surface area (Å²) in [4.78, 5) is 0. The molecule has 1 N–H and O–H groups in total. The zero-order chi connectivity index (χ0) is 11.8. The van der Waals surface area contributed by atoms with E-state index in [-0.39, 0.29) is 6.10 Å². The number of hydrogen-bond acceptors (Lipinski definition) is 3. The molecule has 0 aromatic carbocycles. The van der Waals surface area contributed by atoms with E-state index in [2.05, 4.69) is 19.9 Å². The molecule has 3 nitrogen and oxygen atoms in total. The molecule has 0 amide bonds. The molecule has 0 unspecified atom stereocenters. The lowest BCUT2D eigenvalue weighted by Gasteiger charge is -2.39. The number of allylic oxidation sites excluding steroid dienone is 2. The minimum absolute atomic E-state index is 0.381. The molecule has 2 fully saturated rings. The lowest BCUT2D eigenvalue weighted by Crippen LogP contribution is -2.50. The summed E-state index contributed by atoms with van der Waals surface area (Å²) in [7, 11) is 0. The van der Waals surface area contributed by atoms with Crippen LogP contribution in [0.4, 0.5) is 0 Å². The summed E-state index contributed by atoms with van der Waals surface area (Å²) in [6.07, 6.45) is 5.17. The van der Waals surface area contributed by atoms with E-state index in [0.29, 0.717) is 6.61 Å². The fourth-order valence-electron chi connectivity index (χ4n) is 2.61. The molecule has 0 aromatic heterocycles. The van der Waals surface area contributed by atoms with Crippen LogP contribution in [-0.2, 0) is 9.47 Å². The van der Waals surface area contributed by atoms with Crippen LogP contribution in [-0.4, -0.2) is 29.2 Å². The second-order valence-electron chi connectivity index (χ2n) is 5.46. The summed E-state index contributed by atoms with van der Waals surface area (Å²) in [5.74, 6) is -0.454. The van der Waals surface area contributed by atoms with E-state index in [0.717, 1.165) is 25.7 Å². The van der Waals surface area contributed by atoms with Crippen LogP contribution in [0.1, 0.15) is 46.5 Å². The van der Waals surface area contributed by atoms with Gasteiger partial charge in [0.25, 0.3) is 0 Å². The monoisotopic (exact) mass is 226 g/mol. The van der Waals surface area contributed by atoms with Crippen LogP contribution in [0.25, 0.3) is 0 Å². The van der Waals surface area contributed by atoms with E-state index in [1.807, 2.05) is 6.92 Å². The van der Waals surface area contributed by atoms with E-state index in [4.69, 9.17) is 9.47 Å². The maximum Gasteiger partial charge on any atom is 0.166 e. The fourth-order valence-corrected chi connectivity index (χ4v) is 2.61. The van der Waals surface area contributed by atoms with E-state index in [1.54, 1.807) is 0 Å². The van der Waals surface area contributed by atoms with Crippen LogP contribution < -0.4 is 0 Å². The number of aliphatic hydroxyl groups is 1. The van der Waals surface area contributed by atoms with E-state index >= 15 is 0 Å². The summed E-state index contributed by atoms with van der Waals surface area (Å²) >= 11 is 0. The van der Waals surface area contributed by atoms with Crippen molar-refractivity contribution in [3.8, 4) is 0 Å². The van der Waals surface area contributed by atoms with Gasteiger partial charge in [-0.25, -0.2) is 0 Å². The number of hydrogen-bond donors (Lipinski definition) is 1. The topological polar surface area (TPSA) is 38.7 Å². The summed E-state index contributed by atoms with van der Waals surface area (Å²) in [5, 5.41) is 10.1. The van der Waals surface area contributed by atoms with Gasteiger partial charge >= 0.3 is 0 Å². The summed E-state index contributed by atoms with van der Waals surface area (Å²) < 4.78 is 11.7. The van der Waals surface area contributed by atoms with Crippen LogP contribution in [0.2, 0.25) is 0 Å². The average Bonchev–Trinajstić information content (AvgIpc) is 2.49. The zero-order valence-corrected chi connectivity index (χ0v) is 10.5. The van der Waals surface area contributed by atoms with Crippen molar-refractivity contribution in [3.05, 3.63) is 11.6 Å². The van der Waals surface area contributed by atoms with Crippen molar-refractivity contribution in [3.63, 3.8) is 0 Å². The van der Waals surface area contributed by atoms with Crippen molar-refractivity contribution in [1.82, 2.24) is 0 Å². The Labute approximate surface area is 97.4 Å². The lowest BCUT2D eigenvalue weighted by molar-refractivity contribution is -0.230. The van der Waals surface area contributed by atoms with Crippen LogP contribution >= 0.6 is 0 Å². The molecule has 0 radical (unpaired) electrons. The average molecular weight is 226 g/mol. The Morgan fingerprint density at radius 1 is 1.50 bits per heavy atom. The van der Waals surface area contributed by atoms with Gasteiger partial charge < -0.3 is 14.6 Å². The van der Waals surface area contributed by atoms with Crippen molar-refractivity contribution in [2.45, 2.75) is 63.9 Å². The van der Waals surface area contributed by atoms with Gasteiger partial charge in [-0.05, 0) is 40.0 Å². The Bertz CT molecular complexity index is 296. The van der Waals surface area contributed by atoms with Gasteiger partial charge in [0, 0.05) is 6.42 Å². The molecule has 2 rings (SSSR count). The highest BCUT2D eigenvalue weighted by molar-refractivity contribution is 5.02. The molecular formula is C13H22O3. The number of ether oxygens (including phenoxy) is 2. The normalized spacial score (nSPS) is 42.1. The molecule has 2 bridgehead atoms. The largest absolute Gasteiger partial charge is 0.390 e. The van der Waals surface area contributed by atoms with Gasteiger partial charge in [-0.3, -0.25) is 0 Å². The molecule has 0 aliphatic carbocycles. The van der Waals surface area contributed by atoms with Crippen LogP contribution in [0, 0.1) is 0 Å². The molecule has 2 aliphatic rings. The summed E-state index contributed by atoms with van der Waals surface area (Å²) in [6.45, 7) is 6.68. The zero-order valence-electron chi connectivity index (χ0n) is 10.5. The Morgan fingerprint density at radius 3 is 2.94 bits per heavy atom. The molecule has 16 heavy (non-hydrogen) atoms. The smallest absolute Gasteiger partial charge is 0.166 e. The Morgan fingerprint density at radius 2 is 2.25 bits per heavy atom. The maximum absolute atomic E-state index is 10.1. The van der Waals surface area contributed by atoms with Crippen LogP contribution in [0.15, 0.2) is 11.6 Å². The molecule has 92 valence electrons. The molecular weight excluding hydrogens is 204 g/mol. The fraction of sp³-hybridized carbons (Fsp3) is 0.846. The Kier molecular flexibility index (Phi) is 3.12. The quantitative estimate of drug-likeness (QED) is 0.751. The lowest BCUT2D eigenvalue weighted by atomic mass is 9.86. The first kappa shape index (κ1) is 12.1. The predicted molar refractivity (Wildman–Crippen MR) is 62.1 cm³/mol. The molecule has 2 aliphatic heterocycles. The second-order valence-corrected chi connectivity index (χ2v) is 5.46. The Balaban J connectivity index is 2.03. The highest BCUT2D eigenvalue weighted by Crippen LogP contribution is 2.45. The van der Waals surface area contributed by atoms with Gasteiger partial charge in [0.05, 0.1) is 12.7 Å². The van der Waals surface area contributed by atoms with E-state index in [1.165, 1.54) is 5.57 Å². The van der Waals surface area contributed by atoms with Gasteiger partial charge in [-0.1, -0.05) is 11.6 Å². The first-order valence-electron chi connectivity index (χ1n) is 6.11. The van der Waals surface area contributed by atoms with Gasteiger partial charge in [-0.15, -0.1) is 0 Å². The highest BCUT2D eigenvalue weighted by atomic mass is 16.8. The van der Waals surface area contributed by atoms with Gasteiger partial charge in [0.2, 0.25) is 0 Å². The molecule has 0 saturated carbocycles. The third kappa shape index (κ3) is 2.17. The van der Waals surface area contributed by atoms with Crippen molar-refractivity contribution in [2.24, 2.45) is 0 Å². The van der Waals surface area contributed by atoms with Gasteiger partial charge in [0.15, 0.2) is 5.79 Å². The van der Waals surface area contributed by atoms with Crippen molar-refractivity contribution >= 4 is 0 Å². The first-order valence-corrected chi connectivity index (χ1v) is 6.11. The molecule has 3 atom stereocenters. The first-order chi connectivity index (χ1) is 7.46. The summed E-state index contributed by atoms with van der Waals surface area (Å²) in [6, 6.07) is 0. The minimum atomic E-state index is -0.459. The van der Waals surface area contributed by atoms with E-state index < -0.39 is 11.4 Å². The number of fused-ring (bicyclic) bond motifs is 2.